The van der Waals surface area contributed by atoms with Crippen LogP contribution in [0.5, 0.6) is 11.5 Å². The number of nitro groups is 1. The Morgan fingerprint density at radius 1 is 1.20 bits per heavy atom. The molecule has 0 saturated carbocycles. The summed E-state index contributed by atoms with van der Waals surface area (Å²) < 4.78 is 11.0. The van der Waals surface area contributed by atoms with Crippen LogP contribution in [-0.4, -0.2) is 24.0 Å². The predicted molar refractivity (Wildman–Crippen MR) is 94.2 cm³/mol. The van der Waals surface area contributed by atoms with Crippen molar-refractivity contribution < 1.29 is 19.2 Å². The van der Waals surface area contributed by atoms with Crippen LogP contribution in [0.3, 0.4) is 0 Å². The highest BCUT2D eigenvalue weighted by atomic mass is 16.6. The number of nitrogens with one attached hydrogen (secondary N) is 1. The van der Waals surface area contributed by atoms with Crippen LogP contribution in [0.4, 0.5) is 11.4 Å². The SMILES string of the molecule is CC[C@@H](Oc1ccccc1OC)C(=O)Nc1cccc([N+](=O)[O-])c1C. The average Bonchev–Trinajstić information content (AvgIpc) is 2.61. The maximum absolute atomic E-state index is 12.5. The molecule has 25 heavy (non-hydrogen) atoms. The van der Waals surface area contributed by atoms with Crippen molar-refractivity contribution >= 4 is 17.3 Å². The number of anilines is 1. The van der Waals surface area contributed by atoms with Crippen molar-refractivity contribution in [3.8, 4) is 11.5 Å². The van der Waals surface area contributed by atoms with Gasteiger partial charge in [0.05, 0.1) is 23.3 Å². The van der Waals surface area contributed by atoms with Crippen molar-refractivity contribution in [3.63, 3.8) is 0 Å². The fourth-order valence-electron chi connectivity index (χ4n) is 2.36. The standard InChI is InChI=1S/C18H20N2O5/c1-4-15(25-17-11-6-5-10-16(17)24-3)18(21)19-13-8-7-9-14(12(13)2)20(22)23/h5-11,15H,4H2,1-3H3,(H,19,21)/t15-/m1/s1. The molecule has 0 bridgehead atoms. The molecule has 0 aromatic heterocycles. The van der Waals surface area contributed by atoms with Crippen LogP contribution in [0.2, 0.25) is 0 Å². The van der Waals surface area contributed by atoms with Gasteiger partial charge in [0.1, 0.15) is 0 Å². The van der Waals surface area contributed by atoms with E-state index in [1.54, 1.807) is 37.3 Å². The fourth-order valence-corrected chi connectivity index (χ4v) is 2.36. The lowest BCUT2D eigenvalue weighted by atomic mass is 10.1. The smallest absolute Gasteiger partial charge is 0.274 e. The minimum atomic E-state index is -0.755. The number of methoxy groups -OCH3 is 1. The van der Waals surface area contributed by atoms with Crippen LogP contribution in [0.15, 0.2) is 42.5 Å². The van der Waals surface area contributed by atoms with Crippen LogP contribution in [0.25, 0.3) is 0 Å². The topological polar surface area (TPSA) is 90.7 Å². The van der Waals surface area contributed by atoms with Crippen molar-refractivity contribution in [1.82, 2.24) is 0 Å². The molecule has 0 aliphatic heterocycles. The highest BCUT2D eigenvalue weighted by Crippen LogP contribution is 2.28. The molecule has 0 fully saturated rings. The van der Waals surface area contributed by atoms with Gasteiger partial charge in [0.25, 0.3) is 11.6 Å². The first-order chi connectivity index (χ1) is 12.0. The Bertz CT molecular complexity index is 776. The molecule has 1 N–H and O–H groups in total. The first kappa shape index (κ1) is 18.3. The Balaban J connectivity index is 2.18. The molecule has 132 valence electrons. The Kier molecular flexibility index (Phi) is 5.94. The summed E-state index contributed by atoms with van der Waals surface area (Å²) in [5, 5.41) is 13.7. The first-order valence-electron chi connectivity index (χ1n) is 7.82. The number of hydrogen-bond donors (Lipinski definition) is 1. The number of rotatable bonds is 7. The Morgan fingerprint density at radius 2 is 1.88 bits per heavy atom. The van der Waals surface area contributed by atoms with Crippen molar-refractivity contribution in [1.29, 1.82) is 0 Å². The van der Waals surface area contributed by atoms with E-state index in [9.17, 15) is 14.9 Å². The molecule has 1 atom stereocenters. The average molecular weight is 344 g/mol. The van der Waals surface area contributed by atoms with Crippen LogP contribution in [0, 0.1) is 17.0 Å². The summed E-state index contributed by atoms with van der Waals surface area (Å²) in [5.41, 5.74) is 0.741. The molecule has 0 spiro atoms. The Hall–Kier alpha value is -3.09. The van der Waals surface area contributed by atoms with E-state index in [-0.39, 0.29) is 11.6 Å². The predicted octanol–water partition coefficient (Wildman–Crippen LogP) is 3.71. The number of nitrogens with zero attached hydrogens (tertiary/aromatic N) is 1. The van der Waals surface area contributed by atoms with Crippen LogP contribution in [-0.2, 0) is 4.79 Å². The van der Waals surface area contributed by atoms with E-state index in [4.69, 9.17) is 9.47 Å². The lowest BCUT2D eigenvalue weighted by Crippen LogP contribution is -2.32. The molecule has 7 heteroatoms. The summed E-state index contributed by atoms with van der Waals surface area (Å²) in [7, 11) is 1.52. The van der Waals surface area contributed by atoms with Gasteiger partial charge < -0.3 is 14.8 Å². The Morgan fingerprint density at radius 3 is 2.48 bits per heavy atom. The number of para-hydroxylation sites is 2. The Labute approximate surface area is 145 Å². The van der Waals surface area contributed by atoms with Crippen molar-refractivity contribution in [3.05, 3.63) is 58.1 Å². The quantitative estimate of drug-likeness (QED) is 0.611. The van der Waals surface area contributed by atoms with Gasteiger partial charge >= 0.3 is 0 Å². The molecule has 2 aromatic carbocycles. The first-order valence-corrected chi connectivity index (χ1v) is 7.82. The molecule has 0 saturated heterocycles. The van der Waals surface area contributed by atoms with Gasteiger partial charge in [-0.05, 0) is 31.5 Å². The lowest BCUT2D eigenvalue weighted by molar-refractivity contribution is -0.385. The molecule has 2 aromatic rings. The normalized spacial score (nSPS) is 11.5. The van der Waals surface area contributed by atoms with Crippen molar-refractivity contribution in [2.75, 3.05) is 12.4 Å². The van der Waals surface area contributed by atoms with E-state index in [0.717, 1.165) is 0 Å². The number of carbonyl (C=O) groups excluding carboxylic acids is 1. The van der Waals surface area contributed by atoms with Gasteiger partial charge in [0, 0.05) is 6.07 Å². The highest BCUT2D eigenvalue weighted by molar-refractivity contribution is 5.95. The zero-order chi connectivity index (χ0) is 18.4. The number of nitro benzene ring substituents is 1. The molecular weight excluding hydrogens is 324 g/mol. The van der Waals surface area contributed by atoms with E-state index in [1.807, 2.05) is 6.92 Å². The third-order valence-corrected chi connectivity index (χ3v) is 3.76. The van der Waals surface area contributed by atoms with Gasteiger partial charge in [-0.15, -0.1) is 0 Å². The summed E-state index contributed by atoms with van der Waals surface area (Å²) in [6.45, 7) is 3.41. The minimum absolute atomic E-state index is 0.0449. The van der Waals surface area contributed by atoms with Crippen molar-refractivity contribution in [2.24, 2.45) is 0 Å². The van der Waals surface area contributed by atoms with E-state index in [0.29, 0.717) is 29.2 Å². The second-order valence-electron chi connectivity index (χ2n) is 5.36. The number of benzene rings is 2. The number of amides is 1. The summed E-state index contributed by atoms with van der Waals surface area (Å²) in [6.07, 6.45) is -0.326. The summed E-state index contributed by atoms with van der Waals surface area (Å²) in [6, 6.07) is 11.6. The van der Waals surface area contributed by atoms with E-state index in [1.165, 1.54) is 19.2 Å². The van der Waals surface area contributed by atoms with Gasteiger partial charge in [-0.25, -0.2) is 0 Å². The fraction of sp³-hybridized carbons (Fsp3) is 0.278. The second kappa shape index (κ2) is 8.14. The van der Waals surface area contributed by atoms with Crippen LogP contribution in [0.1, 0.15) is 18.9 Å². The van der Waals surface area contributed by atoms with Gasteiger partial charge in [-0.3, -0.25) is 14.9 Å². The number of carbonyl (C=O) groups is 1. The molecule has 0 radical (unpaired) electrons. The monoisotopic (exact) mass is 344 g/mol. The molecule has 1 amide bonds. The molecule has 2 rings (SSSR count). The van der Waals surface area contributed by atoms with Gasteiger partial charge in [-0.1, -0.05) is 25.1 Å². The van der Waals surface area contributed by atoms with E-state index >= 15 is 0 Å². The van der Waals surface area contributed by atoms with Crippen LogP contribution >= 0.6 is 0 Å². The minimum Gasteiger partial charge on any atom is -0.493 e. The number of ether oxygens (including phenoxy) is 2. The second-order valence-corrected chi connectivity index (χ2v) is 5.36. The summed E-state index contributed by atoms with van der Waals surface area (Å²) in [4.78, 5) is 23.1. The summed E-state index contributed by atoms with van der Waals surface area (Å²) in [5.74, 6) is 0.611. The van der Waals surface area contributed by atoms with Gasteiger partial charge in [0.15, 0.2) is 17.6 Å². The molecule has 0 unspecified atom stereocenters. The third-order valence-electron chi connectivity index (χ3n) is 3.76. The molecule has 0 aliphatic rings. The molecule has 0 aliphatic carbocycles. The lowest BCUT2D eigenvalue weighted by Gasteiger charge is -2.19. The van der Waals surface area contributed by atoms with E-state index in [2.05, 4.69) is 5.32 Å². The third kappa shape index (κ3) is 4.26. The van der Waals surface area contributed by atoms with Crippen LogP contribution < -0.4 is 14.8 Å². The zero-order valence-electron chi connectivity index (χ0n) is 14.3. The largest absolute Gasteiger partial charge is 0.493 e. The van der Waals surface area contributed by atoms with Crippen molar-refractivity contribution in [2.45, 2.75) is 26.4 Å². The maximum atomic E-state index is 12.5. The van der Waals surface area contributed by atoms with Gasteiger partial charge in [0.2, 0.25) is 0 Å². The highest BCUT2D eigenvalue weighted by Gasteiger charge is 2.22. The molecular formula is C18H20N2O5. The number of hydrogen-bond acceptors (Lipinski definition) is 5. The molecule has 7 nitrogen and oxygen atoms in total. The van der Waals surface area contributed by atoms with E-state index < -0.39 is 11.0 Å². The van der Waals surface area contributed by atoms with Gasteiger partial charge in [-0.2, -0.15) is 0 Å². The summed E-state index contributed by atoms with van der Waals surface area (Å²) >= 11 is 0. The zero-order valence-corrected chi connectivity index (χ0v) is 14.3. The molecule has 0 heterocycles. The maximum Gasteiger partial charge on any atom is 0.274 e.